The summed E-state index contributed by atoms with van der Waals surface area (Å²) in [5.74, 6) is -0.729. The Kier molecular flexibility index (Phi) is 3.69. The summed E-state index contributed by atoms with van der Waals surface area (Å²) in [5.41, 5.74) is -0.624. The van der Waals surface area contributed by atoms with Crippen LogP contribution in [0.4, 0.5) is 0 Å². The number of carboxylic acid groups (broad SMARTS) is 1. The van der Waals surface area contributed by atoms with Crippen LogP contribution in [0.25, 0.3) is 0 Å². The van der Waals surface area contributed by atoms with Gasteiger partial charge >= 0.3 is 5.97 Å². The van der Waals surface area contributed by atoms with E-state index < -0.39 is 11.4 Å². The molecule has 0 aromatic heterocycles. The predicted molar refractivity (Wildman–Crippen MR) is 48.5 cm³/mol. The molecule has 0 saturated carbocycles. The molecule has 1 unspecified atom stereocenters. The SMILES string of the molecule is O=C(O)C1(CCCO)CCCNC1. The molecule has 1 heterocycles. The minimum absolute atomic E-state index is 0.0784. The van der Waals surface area contributed by atoms with Crippen molar-refractivity contribution in [2.24, 2.45) is 5.41 Å². The average Bonchev–Trinajstić information content (AvgIpc) is 2.16. The molecule has 4 nitrogen and oxygen atoms in total. The zero-order chi connectivity index (χ0) is 9.73. The summed E-state index contributed by atoms with van der Waals surface area (Å²) in [6.07, 6.45) is 2.80. The van der Waals surface area contributed by atoms with Gasteiger partial charge in [0, 0.05) is 13.2 Å². The van der Waals surface area contributed by atoms with Crippen molar-refractivity contribution >= 4 is 5.97 Å². The molecule has 0 aromatic carbocycles. The third-order valence-electron chi connectivity index (χ3n) is 2.74. The Morgan fingerprint density at radius 1 is 1.54 bits per heavy atom. The maximum absolute atomic E-state index is 11.1. The third-order valence-corrected chi connectivity index (χ3v) is 2.74. The molecule has 4 heteroatoms. The van der Waals surface area contributed by atoms with Crippen LogP contribution in [0.1, 0.15) is 25.7 Å². The first-order chi connectivity index (χ1) is 6.21. The molecule has 76 valence electrons. The summed E-state index contributed by atoms with van der Waals surface area (Å²) in [5, 5.41) is 20.9. The van der Waals surface area contributed by atoms with Gasteiger partial charge in [-0.05, 0) is 32.2 Å². The highest BCUT2D eigenvalue weighted by atomic mass is 16.4. The van der Waals surface area contributed by atoms with E-state index in [2.05, 4.69) is 5.32 Å². The first-order valence-electron chi connectivity index (χ1n) is 4.76. The first kappa shape index (κ1) is 10.5. The number of hydrogen-bond donors (Lipinski definition) is 3. The van der Waals surface area contributed by atoms with E-state index in [1.807, 2.05) is 0 Å². The molecule has 1 aliphatic heterocycles. The van der Waals surface area contributed by atoms with Crippen LogP contribution >= 0.6 is 0 Å². The molecule has 1 fully saturated rings. The Morgan fingerprint density at radius 2 is 2.31 bits per heavy atom. The summed E-state index contributed by atoms with van der Waals surface area (Å²) in [7, 11) is 0. The molecule has 0 bridgehead atoms. The predicted octanol–water partition coefficient (Wildman–Crippen LogP) is 0.213. The highest BCUT2D eigenvalue weighted by molar-refractivity contribution is 5.75. The second-order valence-corrected chi connectivity index (χ2v) is 3.69. The van der Waals surface area contributed by atoms with Gasteiger partial charge in [-0.3, -0.25) is 4.79 Å². The molecule has 1 aliphatic rings. The van der Waals surface area contributed by atoms with Gasteiger partial charge < -0.3 is 15.5 Å². The molecule has 0 spiro atoms. The number of carboxylic acids is 1. The number of piperidine rings is 1. The largest absolute Gasteiger partial charge is 0.481 e. The van der Waals surface area contributed by atoms with Gasteiger partial charge in [-0.25, -0.2) is 0 Å². The number of rotatable bonds is 4. The van der Waals surface area contributed by atoms with Gasteiger partial charge in [-0.15, -0.1) is 0 Å². The summed E-state index contributed by atoms with van der Waals surface area (Å²) < 4.78 is 0. The molecule has 0 aromatic rings. The molecular weight excluding hydrogens is 170 g/mol. The lowest BCUT2D eigenvalue weighted by atomic mass is 9.77. The van der Waals surface area contributed by atoms with Crippen molar-refractivity contribution in [3.05, 3.63) is 0 Å². The van der Waals surface area contributed by atoms with E-state index in [0.29, 0.717) is 19.4 Å². The maximum Gasteiger partial charge on any atom is 0.310 e. The van der Waals surface area contributed by atoms with E-state index >= 15 is 0 Å². The standard InChI is InChI=1S/C9H17NO3/c11-6-2-4-9(8(12)13)3-1-5-10-7-9/h10-11H,1-7H2,(H,12,13). The van der Waals surface area contributed by atoms with Crippen LogP contribution in [0.5, 0.6) is 0 Å². The zero-order valence-corrected chi connectivity index (χ0v) is 7.75. The molecule has 13 heavy (non-hydrogen) atoms. The number of carbonyl (C=O) groups is 1. The lowest BCUT2D eigenvalue weighted by Gasteiger charge is -2.33. The highest BCUT2D eigenvalue weighted by Gasteiger charge is 2.38. The van der Waals surface area contributed by atoms with Crippen molar-refractivity contribution < 1.29 is 15.0 Å². The number of hydrogen-bond acceptors (Lipinski definition) is 3. The minimum atomic E-state index is -0.729. The Labute approximate surface area is 78.0 Å². The Hall–Kier alpha value is -0.610. The van der Waals surface area contributed by atoms with E-state index in [4.69, 9.17) is 10.2 Å². The summed E-state index contributed by atoms with van der Waals surface area (Å²) in [6, 6.07) is 0. The molecule has 1 atom stereocenters. The smallest absolute Gasteiger partial charge is 0.310 e. The van der Waals surface area contributed by atoms with Crippen molar-refractivity contribution in [1.82, 2.24) is 5.32 Å². The lowest BCUT2D eigenvalue weighted by molar-refractivity contribution is -0.150. The zero-order valence-electron chi connectivity index (χ0n) is 7.75. The average molecular weight is 187 g/mol. The second-order valence-electron chi connectivity index (χ2n) is 3.69. The van der Waals surface area contributed by atoms with Gasteiger partial charge in [-0.1, -0.05) is 0 Å². The third kappa shape index (κ3) is 2.42. The van der Waals surface area contributed by atoms with Crippen molar-refractivity contribution in [2.75, 3.05) is 19.7 Å². The van der Waals surface area contributed by atoms with Crippen LogP contribution in [0, 0.1) is 5.41 Å². The van der Waals surface area contributed by atoms with E-state index in [1.54, 1.807) is 0 Å². The van der Waals surface area contributed by atoms with Crippen LogP contribution in [0.2, 0.25) is 0 Å². The molecule has 0 amide bonds. The molecular formula is C9H17NO3. The van der Waals surface area contributed by atoms with Crippen LogP contribution < -0.4 is 5.32 Å². The van der Waals surface area contributed by atoms with Crippen molar-refractivity contribution in [3.63, 3.8) is 0 Å². The molecule has 3 N–H and O–H groups in total. The number of aliphatic hydroxyl groups is 1. The second kappa shape index (κ2) is 4.58. The van der Waals surface area contributed by atoms with Gasteiger partial charge in [0.1, 0.15) is 0 Å². The summed E-state index contributed by atoms with van der Waals surface area (Å²) in [6.45, 7) is 1.53. The molecule has 1 rings (SSSR count). The van der Waals surface area contributed by atoms with Crippen molar-refractivity contribution in [3.8, 4) is 0 Å². The number of nitrogens with one attached hydrogen (secondary N) is 1. The van der Waals surface area contributed by atoms with E-state index in [-0.39, 0.29) is 6.61 Å². The molecule has 0 radical (unpaired) electrons. The topological polar surface area (TPSA) is 69.6 Å². The van der Waals surface area contributed by atoms with Gasteiger partial charge in [0.25, 0.3) is 0 Å². The van der Waals surface area contributed by atoms with Crippen LogP contribution in [0.3, 0.4) is 0 Å². The van der Waals surface area contributed by atoms with E-state index in [1.165, 1.54) is 0 Å². The maximum atomic E-state index is 11.1. The van der Waals surface area contributed by atoms with Crippen LogP contribution in [-0.4, -0.2) is 35.9 Å². The van der Waals surface area contributed by atoms with Crippen LogP contribution in [-0.2, 0) is 4.79 Å². The van der Waals surface area contributed by atoms with Crippen LogP contribution in [0.15, 0.2) is 0 Å². The van der Waals surface area contributed by atoms with Crippen molar-refractivity contribution in [1.29, 1.82) is 0 Å². The Balaban J connectivity index is 2.56. The monoisotopic (exact) mass is 187 g/mol. The van der Waals surface area contributed by atoms with Crippen molar-refractivity contribution in [2.45, 2.75) is 25.7 Å². The highest BCUT2D eigenvalue weighted by Crippen LogP contribution is 2.31. The molecule has 1 saturated heterocycles. The normalized spacial score (nSPS) is 28.7. The lowest BCUT2D eigenvalue weighted by Crippen LogP contribution is -2.45. The molecule has 0 aliphatic carbocycles. The van der Waals surface area contributed by atoms with Gasteiger partial charge in [0.2, 0.25) is 0 Å². The van der Waals surface area contributed by atoms with Gasteiger partial charge in [-0.2, -0.15) is 0 Å². The first-order valence-corrected chi connectivity index (χ1v) is 4.76. The number of aliphatic hydroxyl groups excluding tert-OH is 1. The quantitative estimate of drug-likeness (QED) is 0.588. The van der Waals surface area contributed by atoms with Gasteiger partial charge in [0.05, 0.1) is 5.41 Å². The Bertz CT molecular complexity index is 176. The Morgan fingerprint density at radius 3 is 2.77 bits per heavy atom. The van der Waals surface area contributed by atoms with E-state index in [0.717, 1.165) is 19.4 Å². The fraction of sp³-hybridized carbons (Fsp3) is 0.889. The fourth-order valence-corrected chi connectivity index (χ4v) is 1.89. The summed E-state index contributed by atoms with van der Waals surface area (Å²) >= 11 is 0. The minimum Gasteiger partial charge on any atom is -0.481 e. The summed E-state index contributed by atoms with van der Waals surface area (Å²) in [4.78, 5) is 11.1. The fourth-order valence-electron chi connectivity index (χ4n) is 1.89. The number of aliphatic carboxylic acids is 1. The van der Waals surface area contributed by atoms with Gasteiger partial charge in [0.15, 0.2) is 0 Å². The van der Waals surface area contributed by atoms with E-state index in [9.17, 15) is 4.79 Å².